The summed E-state index contributed by atoms with van der Waals surface area (Å²) in [7, 11) is 0. The van der Waals surface area contributed by atoms with Gasteiger partial charge < -0.3 is 5.32 Å². The highest BCUT2D eigenvalue weighted by Crippen LogP contribution is 2.30. The Morgan fingerprint density at radius 1 is 1.18 bits per heavy atom. The van der Waals surface area contributed by atoms with E-state index in [9.17, 15) is 13.6 Å². The lowest BCUT2D eigenvalue weighted by Crippen LogP contribution is -2.35. The second kappa shape index (κ2) is 6.22. The van der Waals surface area contributed by atoms with Crippen LogP contribution in [0.3, 0.4) is 0 Å². The number of carbonyl (C=O) groups is 1. The molecule has 0 aliphatic heterocycles. The van der Waals surface area contributed by atoms with Crippen molar-refractivity contribution >= 4 is 5.91 Å². The largest absolute Gasteiger partial charge is 0.346 e. The highest BCUT2D eigenvalue weighted by Gasteiger charge is 2.33. The van der Waals surface area contributed by atoms with Crippen molar-refractivity contribution < 1.29 is 13.6 Å². The molecule has 116 valence electrons. The Morgan fingerprint density at radius 3 is 2.55 bits per heavy atom. The lowest BCUT2D eigenvalue weighted by molar-refractivity contribution is -0.00308. The SMILES string of the molecule is Cc1ccc(C(F)(F)CNC(=O)c2ccncc2C)c(C)c1. The van der Waals surface area contributed by atoms with Gasteiger partial charge in [-0.15, -0.1) is 0 Å². The van der Waals surface area contributed by atoms with E-state index < -0.39 is 18.4 Å². The molecule has 1 amide bonds. The van der Waals surface area contributed by atoms with Crippen LogP contribution in [0.4, 0.5) is 8.78 Å². The maximum Gasteiger partial charge on any atom is 0.290 e. The molecular weight excluding hydrogens is 286 g/mol. The molecule has 0 spiro atoms. The van der Waals surface area contributed by atoms with Crippen molar-refractivity contribution in [3.8, 4) is 0 Å². The van der Waals surface area contributed by atoms with Gasteiger partial charge in [-0.1, -0.05) is 23.8 Å². The number of aromatic nitrogens is 1. The first-order valence-corrected chi connectivity index (χ1v) is 6.95. The quantitative estimate of drug-likeness (QED) is 0.939. The number of pyridine rings is 1. The summed E-state index contributed by atoms with van der Waals surface area (Å²) in [6.07, 6.45) is 2.99. The van der Waals surface area contributed by atoms with E-state index in [0.29, 0.717) is 16.7 Å². The van der Waals surface area contributed by atoms with Gasteiger partial charge in [-0.05, 0) is 38.0 Å². The summed E-state index contributed by atoms with van der Waals surface area (Å²) in [5.74, 6) is -3.64. The van der Waals surface area contributed by atoms with Crippen LogP contribution in [0, 0.1) is 20.8 Å². The highest BCUT2D eigenvalue weighted by molar-refractivity contribution is 5.95. The highest BCUT2D eigenvalue weighted by atomic mass is 19.3. The molecule has 0 radical (unpaired) electrons. The zero-order valence-corrected chi connectivity index (χ0v) is 12.8. The van der Waals surface area contributed by atoms with Crippen LogP contribution in [0.15, 0.2) is 36.7 Å². The first-order chi connectivity index (χ1) is 10.3. The molecule has 0 unspecified atom stereocenters. The number of halogens is 2. The van der Waals surface area contributed by atoms with Gasteiger partial charge in [-0.3, -0.25) is 9.78 Å². The van der Waals surface area contributed by atoms with Crippen molar-refractivity contribution in [2.75, 3.05) is 6.54 Å². The van der Waals surface area contributed by atoms with Crippen LogP contribution in [0.5, 0.6) is 0 Å². The molecule has 0 bridgehead atoms. The second-order valence-corrected chi connectivity index (χ2v) is 5.40. The van der Waals surface area contributed by atoms with E-state index in [-0.39, 0.29) is 5.56 Å². The molecule has 3 nitrogen and oxygen atoms in total. The summed E-state index contributed by atoms with van der Waals surface area (Å²) in [5.41, 5.74) is 2.37. The fourth-order valence-corrected chi connectivity index (χ4v) is 2.33. The molecule has 0 saturated heterocycles. The molecule has 2 rings (SSSR count). The number of benzene rings is 1. The third kappa shape index (κ3) is 3.47. The van der Waals surface area contributed by atoms with Crippen molar-refractivity contribution in [3.63, 3.8) is 0 Å². The molecule has 5 heteroatoms. The van der Waals surface area contributed by atoms with E-state index in [2.05, 4.69) is 10.3 Å². The lowest BCUT2D eigenvalue weighted by Gasteiger charge is -2.20. The average molecular weight is 304 g/mol. The Bertz CT molecular complexity index is 699. The standard InChI is InChI=1S/C17H18F2N2O/c1-11-4-5-15(12(2)8-11)17(18,19)10-21-16(22)14-6-7-20-9-13(14)3/h4-9H,10H2,1-3H3,(H,21,22). The summed E-state index contributed by atoms with van der Waals surface area (Å²) >= 11 is 0. The van der Waals surface area contributed by atoms with Crippen LogP contribution in [0.2, 0.25) is 0 Å². The van der Waals surface area contributed by atoms with E-state index in [4.69, 9.17) is 0 Å². The van der Waals surface area contributed by atoms with Gasteiger partial charge in [0.2, 0.25) is 0 Å². The normalized spacial score (nSPS) is 11.3. The molecule has 2 aromatic rings. The molecule has 1 heterocycles. The van der Waals surface area contributed by atoms with E-state index >= 15 is 0 Å². The summed E-state index contributed by atoms with van der Waals surface area (Å²) in [6, 6.07) is 6.28. The van der Waals surface area contributed by atoms with E-state index in [0.717, 1.165) is 5.56 Å². The van der Waals surface area contributed by atoms with E-state index in [1.807, 2.05) is 6.92 Å². The minimum absolute atomic E-state index is 0.0650. The summed E-state index contributed by atoms with van der Waals surface area (Å²) in [4.78, 5) is 15.9. The molecule has 0 aliphatic rings. The first-order valence-electron chi connectivity index (χ1n) is 6.95. The van der Waals surface area contributed by atoms with Gasteiger partial charge in [0, 0.05) is 23.5 Å². The van der Waals surface area contributed by atoms with Crippen molar-refractivity contribution in [3.05, 3.63) is 64.5 Å². The molecule has 22 heavy (non-hydrogen) atoms. The monoisotopic (exact) mass is 304 g/mol. The zero-order chi connectivity index (χ0) is 16.3. The number of alkyl halides is 2. The number of hydrogen-bond acceptors (Lipinski definition) is 2. The molecule has 0 atom stereocenters. The van der Waals surface area contributed by atoms with Crippen LogP contribution in [0.25, 0.3) is 0 Å². The summed E-state index contributed by atoms with van der Waals surface area (Å²) in [6.45, 7) is 4.47. The van der Waals surface area contributed by atoms with Crippen LogP contribution in [0.1, 0.15) is 32.6 Å². The number of amides is 1. The first kappa shape index (κ1) is 16.1. The number of nitrogens with zero attached hydrogens (tertiary/aromatic N) is 1. The third-order valence-corrected chi connectivity index (χ3v) is 3.51. The number of aryl methyl sites for hydroxylation is 3. The van der Waals surface area contributed by atoms with Crippen molar-refractivity contribution in [2.45, 2.75) is 26.7 Å². The Balaban J connectivity index is 2.13. The Hall–Kier alpha value is -2.30. The van der Waals surface area contributed by atoms with E-state index in [1.165, 1.54) is 24.5 Å². The van der Waals surface area contributed by atoms with Crippen molar-refractivity contribution in [1.29, 1.82) is 0 Å². The molecule has 0 saturated carbocycles. The van der Waals surface area contributed by atoms with Crippen LogP contribution >= 0.6 is 0 Å². The van der Waals surface area contributed by atoms with Gasteiger partial charge in [0.25, 0.3) is 11.8 Å². The molecule has 0 fully saturated rings. The molecular formula is C17H18F2N2O. The fraction of sp³-hybridized carbons (Fsp3) is 0.294. The smallest absolute Gasteiger partial charge is 0.290 e. The minimum Gasteiger partial charge on any atom is -0.346 e. The number of nitrogens with one attached hydrogen (secondary N) is 1. The molecule has 1 aromatic heterocycles. The number of rotatable bonds is 4. The Kier molecular flexibility index (Phi) is 4.54. The Morgan fingerprint density at radius 2 is 1.91 bits per heavy atom. The minimum atomic E-state index is -3.12. The van der Waals surface area contributed by atoms with Crippen molar-refractivity contribution in [1.82, 2.24) is 10.3 Å². The summed E-state index contributed by atoms with van der Waals surface area (Å²) in [5, 5.41) is 2.30. The van der Waals surface area contributed by atoms with Gasteiger partial charge in [0.05, 0.1) is 6.54 Å². The molecule has 1 aromatic carbocycles. The van der Waals surface area contributed by atoms with Crippen molar-refractivity contribution in [2.24, 2.45) is 0 Å². The predicted molar refractivity (Wildman–Crippen MR) is 81.1 cm³/mol. The van der Waals surface area contributed by atoms with Crippen LogP contribution in [-0.4, -0.2) is 17.4 Å². The fourth-order valence-electron chi connectivity index (χ4n) is 2.33. The topological polar surface area (TPSA) is 42.0 Å². The third-order valence-electron chi connectivity index (χ3n) is 3.51. The second-order valence-electron chi connectivity index (χ2n) is 5.40. The van der Waals surface area contributed by atoms with Gasteiger partial charge in [-0.25, -0.2) is 0 Å². The number of carbonyl (C=O) groups excluding carboxylic acids is 1. The maximum atomic E-state index is 14.3. The van der Waals surface area contributed by atoms with Gasteiger partial charge in [-0.2, -0.15) is 8.78 Å². The van der Waals surface area contributed by atoms with Crippen LogP contribution in [-0.2, 0) is 5.92 Å². The van der Waals surface area contributed by atoms with Gasteiger partial charge in [0.1, 0.15) is 0 Å². The summed E-state index contributed by atoms with van der Waals surface area (Å²) < 4.78 is 28.6. The lowest BCUT2D eigenvalue weighted by atomic mass is 10.00. The average Bonchev–Trinajstić information content (AvgIpc) is 2.45. The van der Waals surface area contributed by atoms with Crippen LogP contribution < -0.4 is 5.32 Å². The maximum absolute atomic E-state index is 14.3. The number of hydrogen-bond donors (Lipinski definition) is 1. The molecule has 1 N–H and O–H groups in total. The Labute approximate surface area is 128 Å². The predicted octanol–water partition coefficient (Wildman–Crippen LogP) is 3.53. The molecule has 0 aliphatic carbocycles. The van der Waals surface area contributed by atoms with Gasteiger partial charge in [0.15, 0.2) is 0 Å². The van der Waals surface area contributed by atoms with Gasteiger partial charge >= 0.3 is 0 Å². The van der Waals surface area contributed by atoms with E-state index in [1.54, 1.807) is 26.0 Å². The zero-order valence-electron chi connectivity index (χ0n) is 12.8.